The summed E-state index contributed by atoms with van der Waals surface area (Å²) in [4.78, 5) is 0. The summed E-state index contributed by atoms with van der Waals surface area (Å²) in [6.45, 7) is 15.3. The van der Waals surface area contributed by atoms with E-state index in [-0.39, 0.29) is 5.41 Å². The smallest absolute Gasteiger partial charge is 0.130 e. The minimum atomic E-state index is 0.191. The quantitative estimate of drug-likeness (QED) is 0.695. The van der Waals surface area contributed by atoms with E-state index >= 15 is 0 Å². The van der Waals surface area contributed by atoms with Gasteiger partial charge >= 0.3 is 0 Å². The van der Waals surface area contributed by atoms with Crippen LogP contribution < -0.4 is 4.74 Å². The number of fused-ring (bicyclic) bond motifs is 1. The summed E-state index contributed by atoms with van der Waals surface area (Å²) in [6.07, 6.45) is 1.05. The Morgan fingerprint density at radius 1 is 1.28 bits per heavy atom. The number of ether oxygens (including phenoxy) is 1. The Morgan fingerprint density at radius 3 is 2.50 bits per heavy atom. The third kappa shape index (κ3) is 2.45. The Kier molecular flexibility index (Phi) is 3.27. The van der Waals surface area contributed by atoms with Crippen LogP contribution in [0.2, 0.25) is 0 Å². The molecule has 0 aromatic heterocycles. The van der Waals surface area contributed by atoms with Crippen molar-refractivity contribution in [2.75, 3.05) is 0 Å². The van der Waals surface area contributed by atoms with E-state index < -0.39 is 0 Å². The second-order valence-electron chi connectivity index (χ2n) is 6.70. The van der Waals surface area contributed by atoms with Gasteiger partial charge in [-0.1, -0.05) is 53.3 Å². The first-order valence-electron chi connectivity index (χ1n) is 6.79. The predicted octanol–water partition coefficient (Wildman–Crippen LogP) is 4.70. The first-order chi connectivity index (χ1) is 8.29. The molecule has 0 bridgehead atoms. The Bertz CT molecular complexity index is 463. The number of hydrogen-bond acceptors (Lipinski definition) is 1. The molecule has 1 heterocycles. The largest absolute Gasteiger partial charge is 0.462 e. The highest BCUT2D eigenvalue weighted by Crippen LogP contribution is 2.37. The molecular weight excluding hydrogens is 220 g/mol. The zero-order valence-electron chi connectivity index (χ0n) is 12.2. The Hall–Kier alpha value is -1.24. The molecule has 1 aliphatic heterocycles. The summed E-state index contributed by atoms with van der Waals surface area (Å²) in [5.74, 6) is 2.92. The van der Waals surface area contributed by atoms with Crippen LogP contribution in [0, 0.1) is 11.8 Å². The summed E-state index contributed by atoms with van der Waals surface area (Å²) in [6, 6.07) is 6.57. The molecule has 18 heavy (non-hydrogen) atoms. The first kappa shape index (κ1) is 13.2. The molecule has 0 spiro atoms. The predicted molar refractivity (Wildman–Crippen MR) is 76.9 cm³/mol. The van der Waals surface area contributed by atoms with Gasteiger partial charge in [0.15, 0.2) is 0 Å². The Labute approximate surface area is 111 Å². The van der Waals surface area contributed by atoms with Crippen LogP contribution >= 0.6 is 0 Å². The summed E-state index contributed by atoms with van der Waals surface area (Å²) in [5.41, 5.74) is 2.89. The van der Waals surface area contributed by atoms with E-state index in [0.29, 0.717) is 11.8 Å². The van der Waals surface area contributed by atoms with Crippen LogP contribution in [0.3, 0.4) is 0 Å². The van der Waals surface area contributed by atoms with Gasteiger partial charge in [0, 0.05) is 5.92 Å². The maximum Gasteiger partial charge on any atom is 0.130 e. The van der Waals surface area contributed by atoms with Crippen LogP contribution in [0.15, 0.2) is 30.5 Å². The maximum absolute atomic E-state index is 5.88. The standard InChI is InChI=1S/C17H24O/c1-11(2)15-10-13-9-14(17(4,5)6)7-8-16(13)18-12(15)3/h7-9,11,15H,3,10H2,1-2,4-6H3. The van der Waals surface area contributed by atoms with Gasteiger partial charge in [0.2, 0.25) is 0 Å². The normalized spacial score (nSPS) is 19.7. The van der Waals surface area contributed by atoms with E-state index in [4.69, 9.17) is 4.74 Å². The molecule has 1 nitrogen and oxygen atoms in total. The lowest BCUT2D eigenvalue weighted by Crippen LogP contribution is -2.23. The number of allylic oxidation sites excluding steroid dienone is 1. The highest BCUT2D eigenvalue weighted by molar-refractivity contribution is 5.43. The lowest BCUT2D eigenvalue weighted by atomic mass is 9.82. The molecule has 0 aliphatic carbocycles. The van der Waals surface area contributed by atoms with E-state index in [2.05, 4.69) is 59.4 Å². The molecular formula is C17H24O. The van der Waals surface area contributed by atoms with Crippen molar-refractivity contribution in [2.45, 2.75) is 46.5 Å². The average molecular weight is 244 g/mol. The fraction of sp³-hybridized carbons (Fsp3) is 0.529. The molecule has 98 valence electrons. The van der Waals surface area contributed by atoms with Crippen molar-refractivity contribution >= 4 is 0 Å². The van der Waals surface area contributed by atoms with Crippen LogP contribution in [0.4, 0.5) is 0 Å². The van der Waals surface area contributed by atoms with Gasteiger partial charge in [0.05, 0.1) is 0 Å². The fourth-order valence-electron chi connectivity index (χ4n) is 2.48. The van der Waals surface area contributed by atoms with Gasteiger partial charge in [0.1, 0.15) is 11.5 Å². The van der Waals surface area contributed by atoms with Crippen LogP contribution in [-0.2, 0) is 11.8 Å². The zero-order valence-corrected chi connectivity index (χ0v) is 12.2. The molecule has 1 unspecified atom stereocenters. The van der Waals surface area contributed by atoms with Gasteiger partial charge in [-0.3, -0.25) is 0 Å². The topological polar surface area (TPSA) is 9.23 Å². The van der Waals surface area contributed by atoms with Gasteiger partial charge in [-0.05, 0) is 34.9 Å². The van der Waals surface area contributed by atoms with Crippen LogP contribution in [-0.4, -0.2) is 0 Å². The summed E-state index contributed by atoms with van der Waals surface area (Å²) >= 11 is 0. The van der Waals surface area contributed by atoms with E-state index in [0.717, 1.165) is 17.9 Å². The summed E-state index contributed by atoms with van der Waals surface area (Å²) in [7, 11) is 0. The molecule has 0 fully saturated rings. The van der Waals surface area contributed by atoms with E-state index in [9.17, 15) is 0 Å². The molecule has 0 saturated heterocycles. The van der Waals surface area contributed by atoms with E-state index in [1.165, 1.54) is 11.1 Å². The van der Waals surface area contributed by atoms with Gasteiger partial charge in [0.25, 0.3) is 0 Å². The second-order valence-corrected chi connectivity index (χ2v) is 6.70. The van der Waals surface area contributed by atoms with Gasteiger partial charge in [-0.2, -0.15) is 0 Å². The monoisotopic (exact) mass is 244 g/mol. The number of benzene rings is 1. The lowest BCUT2D eigenvalue weighted by Gasteiger charge is -2.31. The molecule has 0 N–H and O–H groups in total. The maximum atomic E-state index is 5.88. The Balaban J connectivity index is 2.37. The number of rotatable bonds is 1. The van der Waals surface area contributed by atoms with Gasteiger partial charge in [-0.25, -0.2) is 0 Å². The van der Waals surface area contributed by atoms with Crippen molar-refractivity contribution in [1.82, 2.24) is 0 Å². The fourth-order valence-corrected chi connectivity index (χ4v) is 2.48. The van der Waals surface area contributed by atoms with Crippen molar-refractivity contribution in [3.8, 4) is 5.75 Å². The van der Waals surface area contributed by atoms with Crippen molar-refractivity contribution in [3.05, 3.63) is 41.7 Å². The minimum absolute atomic E-state index is 0.191. The highest BCUT2D eigenvalue weighted by atomic mass is 16.5. The molecule has 0 saturated carbocycles. The van der Waals surface area contributed by atoms with E-state index in [1.54, 1.807) is 0 Å². The molecule has 1 aromatic rings. The van der Waals surface area contributed by atoms with Crippen molar-refractivity contribution in [1.29, 1.82) is 0 Å². The molecule has 1 heteroatoms. The van der Waals surface area contributed by atoms with Crippen LogP contribution in [0.5, 0.6) is 5.75 Å². The highest BCUT2D eigenvalue weighted by Gasteiger charge is 2.27. The first-order valence-corrected chi connectivity index (χ1v) is 6.79. The molecule has 0 radical (unpaired) electrons. The Morgan fingerprint density at radius 2 is 1.94 bits per heavy atom. The number of hydrogen-bond donors (Lipinski definition) is 0. The van der Waals surface area contributed by atoms with Gasteiger partial charge < -0.3 is 4.74 Å². The third-order valence-corrected chi connectivity index (χ3v) is 3.83. The SMILES string of the molecule is C=C1Oc2ccc(C(C)(C)C)cc2CC1C(C)C. The van der Waals surface area contributed by atoms with Crippen LogP contribution in [0.25, 0.3) is 0 Å². The third-order valence-electron chi connectivity index (χ3n) is 3.83. The van der Waals surface area contributed by atoms with E-state index in [1.807, 2.05) is 0 Å². The van der Waals surface area contributed by atoms with Crippen LogP contribution in [0.1, 0.15) is 45.7 Å². The molecule has 1 aliphatic rings. The van der Waals surface area contributed by atoms with Crippen molar-refractivity contribution in [2.24, 2.45) is 11.8 Å². The average Bonchev–Trinajstić information content (AvgIpc) is 2.25. The van der Waals surface area contributed by atoms with Gasteiger partial charge in [-0.15, -0.1) is 0 Å². The summed E-state index contributed by atoms with van der Waals surface area (Å²) in [5, 5.41) is 0. The lowest BCUT2D eigenvalue weighted by molar-refractivity contribution is 0.269. The minimum Gasteiger partial charge on any atom is -0.462 e. The summed E-state index contributed by atoms with van der Waals surface area (Å²) < 4.78 is 5.88. The molecule has 1 aromatic carbocycles. The second kappa shape index (κ2) is 4.46. The molecule has 2 rings (SSSR count). The van der Waals surface area contributed by atoms with Crippen molar-refractivity contribution in [3.63, 3.8) is 0 Å². The zero-order chi connectivity index (χ0) is 13.5. The molecule has 0 amide bonds. The molecule has 1 atom stereocenters. The van der Waals surface area contributed by atoms with Crippen molar-refractivity contribution < 1.29 is 4.74 Å².